The molecule has 0 radical (unpaired) electrons. The van der Waals surface area contributed by atoms with Gasteiger partial charge in [0.15, 0.2) is 0 Å². The molecule has 1 aliphatic rings. The molecule has 1 fully saturated rings. The van der Waals surface area contributed by atoms with Crippen molar-refractivity contribution in [1.82, 2.24) is 0 Å². The molecule has 4 heteroatoms. The summed E-state index contributed by atoms with van der Waals surface area (Å²) < 4.78 is 10.6. The Kier molecular flexibility index (Phi) is 4.82. The lowest BCUT2D eigenvalue weighted by Gasteiger charge is -2.20. The van der Waals surface area contributed by atoms with E-state index in [9.17, 15) is 0 Å². The highest BCUT2D eigenvalue weighted by atomic mass is 16.7. The number of ether oxygens (including phenoxy) is 2. The van der Waals surface area contributed by atoms with Gasteiger partial charge in [-0.3, -0.25) is 0 Å². The lowest BCUT2D eigenvalue weighted by atomic mass is 10.00. The molecule has 1 atom stereocenters. The maximum Gasteiger partial charge on any atom is 0.148 e. The first kappa shape index (κ1) is 11.4. The first-order valence-corrected chi connectivity index (χ1v) is 4.59. The highest BCUT2D eigenvalue weighted by Gasteiger charge is 2.31. The molecule has 1 unspecified atom stereocenters. The monoisotopic (exact) mass is 200 g/mol. The van der Waals surface area contributed by atoms with Crippen LogP contribution in [0, 0.1) is 0 Å². The first-order chi connectivity index (χ1) is 6.83. The molecule has 0 saturated carbocycles. The molecule has 1 rings (SSSR count). The van der Waals surface area contributed by atoms with Gasteiger partial charge in [-0.05, 0) is 0 Å². The van der Waals surface area contributed by atoms with Crippen LogP contribution in [0.1, 0.15) is 6.42 Å². The highest BCUT2D eigenvalue weighted by Crippen LogP contribution is 2.24. The summed E-state index contributed by atoms with van der Waals surface area (Å²) in [5.41, 5.74) is -0.464. The minimum Gasteiger partial charge on any atom is -0.392 e. The summed E-state index contributed by atoms with van der Waals surface area (Å²) in [7, 11) is 0. The summed E-state index contributed by atoms with van der Waals surface area (Å²) in [6.07, 6.45) is 7.60. The Hall–Kier alpha value is -0.680. The second-order valence-electron chi connectivity index (χ2n) is 3.12. The van der Waals surface area contributed by atoms with Crippen molar-refractivity contribution in [3.63, 3.8) is 0 Å². The van der Waals surface area contributed by atoms with Gasteiger partial charge in [-0.1, -0.05) is 24.3 Å². The summed E-state index contributed by atoms with van der Waals surface area (Å²) in [6, 6.07) is 0. The van der Waals surface area contributed by atoms with Crippen LogP contribution in [0.25, 0.3) is 0 Å². The second kappa shape index (κ2) is 5.93. The van der Waals surface area contributed by atoms with Crippen LogP contribution in [0.15, 0.2) is 24.3 Å². The molecule has 1 saturated heterocycles. The zero-order chi connectivity index (χ0) is 10.3. The van der Waals surface area contributed by atoms with Crippen molar-refractivity contribution in [3.05, 3.63) is 24.3 Å². The summed E-state index contributed by atoms with van der Waals surface area (Å²) in [5.74, 6) is 0. The van der Waals surface area contributed by atoms with Gasteiger partial charge in [-0.25, -0.2) is 0 Å². The first-order valence-electron chi connectivity index (χ1n) is 4.59. The Morgan fingerprint density at radius 2 is 1.93 bits per heavy atom. The fraction of sp³-hybridized carbons (Fsp3) is 0.600. The fourth-order valence-corrected chi connectivity index (χ4v) is 1.32. The number of aliphatic hydroxyl groups excluding tert-OH is 2. The van der Waals surface area contributed by atoms with Crippen molar-refractivity contribution in [2.24, 2.45) is 0 Å². The lowest BCUT2D eigenvalue weighted by molar-refractivity contribution is 0.0183. The van der Waals surface area contributed by atoms with Gasteiger partial charge in [-0.15, -0.1) is 0 Å². The van der Waals surface area contributed by atoms with Gasteiger partial charge < -0.3 is 19.7 Å². The average Bonchev–Trinajstić information content (AvgIpc) is 2.65. The number of hydrogen-bond acceptors (Lipinski definition) is 4. The average molecular weight is 200 g/mol. The van der Waals surface area contributed by atoms with Crippen LogP contribution < -0.4 is 0 Å². The molecule has 0 aromatic heterocycles. The van der Waals surface area contributed by atoms with E-state index in [4.69, 9.17) is 19.7 Å². The third kappa shape index (κ3) is 3.23. The maximum absolute atomic E-state index is 8.67. The Balaban J connectivity index is 2.52. The van der Waals surface area contributed by atoms with Gasteiger partial charge in [0.1, 0.15) is 12.4 Å². The lowest BCUT2D eigenvalue weighted by Crippen LogP contribution is -2.28. The van der Waals surface area contributed by atoms with Gasteiger partial charge in [0.2, 0.25) is 0 Å². The van der Waals surface area contributed by atoms with E-state index in [0.717, 1.165) is 0 Å². The molecule has 0 spiro atoms. The Labute approximate surface area is 83.5 Å². The molecule has 0 aliphatic carbocycles. The summed E-state index contributed by atoms with van der Waals surface area (Å²) >= 11 is 0. The molecular weight excluding hydrogens is 184 g/mol. The molecule has 1 heterocycles. The van der Waals surface area contributed by atoms with E-state index in [1.807, 2.05) is 12.2 Å². The van der Waals surface area contributed by atoms with Gasteiger partial charge >= 0.3 is 0 Å². The third-order valence-electron chi connectivity index (χ3n) is 2.04. The van der Waals surface area contributed by atoms with Crippen LogP contribution in [-0.2, 0) is 9.47 Å². The van der Waals surface area contributed by atoms with Crippen LogP contribution in [0.3, 0.4) is 0 Å². The zero-order valence-electron chi connectivity index (χ0n) is 8.06. The summed E-state index contributed by atoms with van der Waals surface area (Å²) in [6.45, 7) is 0.789. The predicted molar refractivity (Wildman–Crippen MR) is 51.7 cm³/mol. The molecule has 2 N–H and O–H groups in total. The second-order valence-corrected chi connectivity index (χ2v) is 3.12. The molecule has 0 amide bonds. The van der Waals surface area contributed by atoms with Crippen molar-refractivity contribution >= 4 is 0 Å². The SMILES string of the molecule is OC/C=C\CC1(/C=C\CO)COCO1. The zero-order valence-corrected chi connectivity index (χ0v) is 8.06. The molecule has 80 valence electrons. The molecule has 1 aliphatic heterocycles. The maximum atomic E-state index is 8.67. The quantitative estimate of drug-likeness (QED) is 0.623. The van der Waals surface area contributed by atoms with Gasteiger partial charge in [0, 0.05) is 6.42 Å². The minimum atomic E-state index is -0.464. The van der Waals surface area contributed by atoms with Crippen LogP contribution in [0.4, 0.5) is 0 Å². The van der Waals surface area contributed by atoms with Crippen molar-refractivity contribution in [3.8, 4) is 0 Å². The molecular formula is C10H16O4. The van der Waals surface area contributed by atoms with Crippen LogP contribution >= 0.6 is 0 Å². The normalized spacial score (nSPS) is 28.1. The van der Waals surface area contributed by atoms with E-state index in [2.05, 4.69) is 0 Å². The highest BCUT2D eigenvalue weighted by molar-refractivity contribution is 5.07. The smallest absolute Gasteiger partial charge is 0.148 e. The molecule has 0 aromatic carbocycles. The van der Waals surface area contributed by atoms with E-state index in [-0.39, 0.29) is 20.0 Å². The van der Waals surface area contributed by atoms with Crippen molar-refractivity contribution in [2.45, 2.75) is 12.0 Å². The van der Waals surface area contributed by atoms with E-state index >= 15 is 0 Å². The summed E-state index contributed by atoms with van der Waals surface area (Å²) in [5, 5.41) is 17.3. The van der Waals surface area contributed by atoms with Gasteiger partial charge in [0.25, 0.3) is 0 Å². The largest absolute Gasteiger partial charge is 0.392 e. The van der Waals surface area contributed by atoms with Crippen LogP contribution in [0.5, 0.6) is 0 Å². The minimum absolute atomic E-state index is 0.00513. The Bertz CT molecular complexity index is 204. The van der Waals surface area contributed by atoms with Crippen LogP contribution in [0.2, 0.25) is 0 Å². The number of rotatable bonds is 5. The Morgan fingerprint density at radius 3 is 2.50 bits per heavy atom. The number of aliphatic hydroxyl groups is 2. The van der Waals surface area contributed by atoms with E-state index in [1.165, 1.54) is 0 Å². The van der Waals surface area contributed by atoms with Gasteiger partial charge in [0.05, 0.1) is 19.8 Å². The number of hydrogen-bond donors (Lipinski definition) is 2. The van der Waals surface area contributed by atoms with Crippen molar-refractivity contribution in [2.75, 3.05) is 26.6 Å². The van der Waals surface area contributed by atoms with Crippen LogP contribution in [-0.4, -0.2) is 42.4 Å². The van der Waals surface area contributed by atoms with E-state index in [1.54, 1.807) is 12.2 Å². The van der Waals surface area contributed by atoms with E-state index < -0.39 is 5.60 Å². The molecule has 0 aromatic rings. The molecule has 0 bridgehead atoms. The van der Waals surface area contributed by atoms with Crippen molar-refractivity contribution in [1.29, 1.82) is 0 Å². The fourth-order valence-electron chi connectivity index (χ4n) is 1.32. The van der Waals surface area contributed by atoms with E-state index in [0.29, 0.717) is 13.0 Å². The predicted octanol–water partition coefficient (Wildman–Crippen LogP) is 0.217. The topological polar surface area (TPSA) is 58.9 Å². The van der Waals surface area contributed by atoms with Crippen molar-refractivity contribution < 1.29 is 19.7 Å². The standard InChI is InChI=1S/C10H16O4/c11-6-2-1-4-10(5-3-7-12)8-13-9-14-10/h1-3,5,11-12H,4,6-9H2/b2-1-,5-3-. The van der Waals surface area contributed by atoms with Gasteiger partial charge in [-0.2, -0.15) is 0 Å². The summed E-state index contributed by atoms with van der Waals surface area (Å²) in [4.78, 5) is 0. The molecule has 4 nitrogen and oxygen atoms in total. The molecule has 14 heavy (non-hydrogen) atoms. The third-order valence-corrected chi connectivity index (χ3v) is 2.04. The Morgan fingerprint density at radius 1 is 1.14 bits per heavy atom.